The molecule has 4 heteroatoms. The summed E-state index contributed by atoms with van der Waals surface area (Å²) in [5.74, 6) is 0.840. The van der Waals surface area contributed by atoms with Crippen LogP contribution in [0.1, 0.15) is 37.7 Å². The topological polar surface area (TPSA) is 29.3 Å². The van der Waals surface area contributed by atoms with Crippen LogP contribution in [-0.2, 0) is 0 Å². The summed E-state index contributed by atoms with van der Waals surface area (Å²) in [4.78, 5) is 2.90. The van der Waals surface area contributed by atoms with Crippen molar-refractivity contribution >= 4 is 34.5 Å². The van der Waals surface area contributed by atoms with E-state index in [9.17, 15) is 0 Å². The molecule has 1 saturated heterocycles. The van der Waals surface area contributed by atoms with Crippen molar-refractivity contribution in [2.75, 3.05) is 11.4 Å². The number of anilines is 1. The summed E-state index contributed by atoms with van der Waals surface area (Å²) in [7, 11) is 0. The lowest BCUT2D eigenvalue weighted by molar-refractivity contribution is 0.362. The Hall–Kier alpha value is -0.800. The lowest BCUT2D eigenvalue weighted by Gasteiger charge is -2.40. The second kappa shape index (κ2) is 5.29. The molecule has 1 aliphatic heterocycles. The van der Waals surface area contributed by atoms with Gasteiger partial charge >= 0.3 is 0 Å². The highest BCUT2D eigenvalue weighted by Crippen LogP contribution is 2.41. The Bertz CT molecular complexity index is 503. The van der Waals surface area contributed by atoms with Gasteiger partial charge in [-0.25, -0.2) is 0 Å². The lowest BCUT2D eigenvalue weighted by Crippen LogP contribution is -2.43. The molecule has 19 heavy (non-hydrogen) atoms. The van der Waals surface area contributed by atoms with Gasteiger partial charge in [-0.15, -0.1) is 0 Å². The largest absolute Gasteiger partial charge is 0.389 e. The van der Waals surface area contributed by atoms with Crippen LogP contribution in [0.3, 0.4) is 0 Å². The summed E-state index contributed by atoms with van der Waals surface area (Å²) in [6.07, 6.45) is 6.61. The number of rotatable bonds is 2. The number of thiocarbonyl (C=S) groups is 1. The van der Waals surface area contributed by atoms with Gasteiger partial charge < -0.3 is 10.6 Å². The summed E-state index contributed by atoms with van der Waals surface area (Å²) in [5, 5.41) is 0.671. The van der Waals surface area contributed by atoms with Crippen LogP contribution in [0.2, 0.25) is 5.02 Å². The summed E-state index contributed by atoms with van der Waals surface area (Å²) in [6.45, 7) is 1.09. The molecule has 2 N–H and O–H groups in total. The number of piperidine rings is 1. The van der Waals surface area contributed by atoms with Crippen LogP contribution in [0.15, 0.2) is 18.2 Å². The van der Waals surface area contributed by atoms with Crippen LogP contribution in [0.5, 0.6) is 0 Å². The second-order valence-electron chi connectivity index (χ2n) is 5.59. The minimum Gasteiger partial charge on any atom is -0.389 e. The molecule has 1 aromatic rings. The van der Waals surface area contributed by atoms with Crippen molar-refractivity contribution in [1.82, 2.24) is 0 Å². The summed E-state index contributed by atoms with van der Waals surface area (Å²) >= 11 is 11.5. The van der Waals surface area contributed by atoms with E-state index in [1.165, 1.54) is 32.1 Å². The van der Waals surface area contributed by atoms with Gasteiger partial charge in [-0.3, -0.25) is 0 Å². The smallest absolute Gasteiger partial charge is 0.107 e. The SMILES string of the molecule is NC(=S)c1c(Cl)cccc1N1CCCC2CCCC21. The molecule has 3 rings (SSSR count). The van der Waals surface area contributed by atoms with E-state index in [4.69, 9.17) is 29.6 Å². The van der Waals surface area contributed by atoms with Crippen LogP contribution < -0.4 is 10.6 Å². The van der Waals surface area contributed by atoms with Gasteiger partial charge in [0.05, 0.1) is 10.6 Å². The molecule has 102 valence electrons. The molecule has 2 unspecified atom stereocenters. The zero-order valence-electron chi connectivity index (χ0n) is 10.9. The Morgan fingerprint density at radius 1 is 1.26 bits per heavy atom. The van der Waals surface area contributed by atoms with Gasteiger partial charge in [0.15, 0.2) is 0 Å². The fourth-order valence-corrected chi connectivity index (χ4v) is 4.29. The molecule has 2 atom stereocenters. The Balaban J connectivity index is 2.01. The molecular weight excluding hydrogens is 276 g/mol. The Morgan fingerprint density at radius 2 is 2.05 bits per heavy atom. The van der Waals surface area contributed by atoms with Crippen molar-refractivity contribution in [3.63, 3.8) is 0 Å². The first-order valence-electron chi connectivity index (χ1n) is 7.03. The quantitative estimate of drug-likeness (QED) is 0.843. The van der Waals surface area contributed by atoms with Gasteiger partial charge in [-0.1, -0.05) is 36.3 Å². The Kier molecular flexibility index (Phi) is 3.68. The number of hydrogen-bond acceptors (Lipinski definition) is 2. The standard InChI is InChI=1S/C15H19ClN2S/c16-11-6-2-8-13(14(11)15(17)19)18-9-3-5-10-4-1-7-12(10)18/h2,6,8,10,12H,1,3-5,7,9H2,(H2,17,19). The van der Waals surface area contributed by atoms with E-state index in [-0.39, 0.29) is 0 Å². The Morgan fingerprint density at radius 3 is 2.84 bits per heavy atom. The van der Waals surface area contributed by atoms with E-state index >= 15 is 0 Å². The van der Waals surface area contributed by atoms with Crippen molar-refractivity contribution in [2.45, 2.75) is 38.1 Å². The Labute approximate surface area is 124 Å². The molecule has 2 fully saturated rings. The van der Waals surface area contributed by atoms with Crippen molar-refractivity contribution in [3.05, 3.63) is 28.8 Å². The third kappa shape index (κ3) is 2.34. The van der Waals surface area contributed by atoms with Crippen LogP contribution in [0, 0.1) is 5.92 Å². The van der Waals surface area contributed by atoms with Crippen LogP contribution in [0.25, 0.3) is 0 Å². The predicted molar refractivity (Wildman–Crippen MR) is 85.0 cm³/mol. The molecule has 0 spiro atoms. The first-order chi connectivity index (χ1) is 9.18. The number of benzene rings is 1. The normalized spacial score (nSPS) is 26.3. The zero-order chi connectivity index (χ0) is 13.4. The molecule has 0 bridgehead atoms. The van der Waals surface area contributed by atoms with Crippen molar-refractivity contribution < 1.29 is 0 Å². The van der Waals surface area contributed by atoms with Gasteiger partial charge in [0, 0.05) is 18.3 Å². The maximum atomic E-state index is 6.29. The second-order valence-corrected chi connectivity index (χ2v) is 6.44. The van der Waals surface area contributed by atoms with Crippen LogP contribution in [-0.4, -0.2) is 17.6 Å². The molecule has 2 nitrogen and oxygen atoms in total. The first kappa shape index (κ1) is 13.2. The third-order valence-corrected chi connectivity index (χ3v) is 5.06. The van der Waals surface area contributed by atoms with Crippen molar-refractivity contribution in [2.24, 2.45) is 11.7 Å². The van der Waals surface area contributed by atoms with Gasteiger partial charge in [0.1, 0.15) is 4.99 Å². The summed E-state index contributed by atoms with van der Waals surface area (Å²) < 4.78 is 0. The minimum atomic E-state index is 0.403. The number of fused-ring (bicyclic) bond motifs is 1. The number of nitrogens with zero attached hydrogens (tertiary/aromatic N) is 1. The molecule has 2 aliphatic rings. The highest BCUT2D eigenvalue weighted by Gasteiger charge is 2.36. The highest BCUT2D eigenvalue weighted by atomic mass is 35.5. The molecule has 1 aromatic carbocycles. The van der Waals surface area contributed by atoms with E-state index in [2.05, 4.69) is 11.0 Å². The van der Waals surface area contributed by atoms with Gasteiger partial charge in [-0.05, 0) is 43.7 Å². The predicted octanol–water partition coefficient (Wildman–Crippen LogP) is 3.74. The average molecular weight is 295 g/mol. The lowest BCUT2D eigenvalue weighted by atomic mass is 9.91. The summed E-state index contributed by atoms with van der Waals surface area (Å²) in [5.41, 5.74) is 7.87. The third-order valence-electron chi connectivity index (χ3n) is 4.54. The van der Waals surface area contributed by atoms with Crippen molar-refractivity contribution in [3.8, 4) is 0 Å². The first-order valence-corrected chi connectivity index (χ1v) is 7.82. The van der Waals surface area contributed by atoms with E-state index in [1.54, 1.807) is 0 Å². The van der Waals surface area contributed by atoms with Gasteiger partial charge in [-0.2, -0.15) is 0 Å². The van der Waals surface area contributed by atoms with Crippen molar-refractivity contribution in [1.29, 1.82) is 0 Å². The van der Waals surface area contributed by atoms with E-state index in [1.807, 2.05) is 12.1 Å². The molecule has 1 saturated carbocycles. The molecular formula is C15H19ClN2S. The average Bonchev–Trinajstić information content (AvgIpc) is 2.85. The maximum Gasteiger partial charge on any atom is 0.107 e. The van der Waals surface area contributed by atoms with Crippen LogP contribution in [0.4, 0.5) is 5.69 Å². The molecule has 1 heterocycles. The molecule has 1 aliphatic carbocycles. The monoisotopic (exact) mass is 294 g/mol. The highest BCUT2D eigenvalue weighted by molar-refractivity contribution is 7.80. The molecule has 0 amide bonds. The fraction of sp³-hybridized carbons (Fsp3) is 0.533. The van der Waals surface area contributed by atoms with Gasteiger partial charge in [0.25, 0.3) is 0 Å². The minimum absolute atomic E-state index is 0.403. The van der Waals surface area contributed by atoms with Gasteiger partial charge in [0.2, 0.25) is 0 Å². The number of nitrogens with two attached hydrogens (primary N) is 1. The van der Waals surface area contributed by atoms with E-state index < -0.39 is 0 Å². The molecule has 0 radical (unpaired) electrons. The zero-order valence-corrected chi connectivity index (χ0v) is 12.5. The fourth-order valence-electron chi connectivity index (χ4n) is 3.75. The number of halogens is 1. The molecule has 0 aromatic heterocycles. The van der Waals surface area contributed by atoms with Crippen LogP contribution >= 0.6 is 23.8 Å². The van der Waals surface area contributed by atoms with E-state index in [0.29, 0.717) is 16.1 Å². The maximum absolute atomic E-state index is 6.29. The van der Waals surface area contributed by atoms with E-state index in [0.717, 1.165) is 23.7 Å². The number of hydrogen-bond donors (Lipinski definition) is 1. The summed E-state index contributed by atoms with van der Waals surface area (Å²) in [6, 6.07) is 6.63.